The predicted molar refractivity (Wildman–Crippen MR) is 114 cm³/mol. The lowest BCUT2D eigenvalue weighted by molar-refractivity contribution is -0.210. The molecule has 5 rings (SSSR count). The first-order valence-corrected chi connectivity index (χ1v) is 10.7. The van der Waals surface area contributed by atoms with Crippen LogP contribution < -0.4 is 0 Å². The average Bonchev–Trinajstić information content (AvgIpc) is 3.53. The number of nitrogens with zero attached hydrogens (tertiary/aromatic N) is 6. The molecule has 4 N–H and O–H groups in total. The number of aromatic hydroxyl groups is 1. The van der Waals surface area contributed by atoms with Gasteiger partial charge in [0.2, 0.25) is 0 Å². The molecule has 36 heavy (non-hydrogen) atoms. The molecular formula is C22H19F3N6O5. The Labute approximate surface area is 200 Å². The van der Waals surface area contributed by atoms with Crippen LogP contribution in [0.25, 0.3) is 16.9 Å². The van der Waals surface area contributed by atoms with Gasteiger partial charge in [0.1, 0.15) is 53.9 Å². The van der Waals surface area contributed by atoms with Crippen molar-refractivity contribution in [3.63, 3.8) is 0 Å². The minimum Gasteiger partial charge on any atom is -0.506 e. The Bertz CT molecular complexity index is 1380. The van der Waals surface area contributed by atoms with Crippen LogP contribution in [0.2, 0.25) is 0 Å². The lowest BCUT2D eigenvalue weighted by atomic mass is 9.92. The molecule has 0 spiro atoms. The second-order valence-electron chi connectivity index (χ2n) is 8.11. The zero-order chi connectivity index (χ0) is 25.6. The van der Waals surface area contributed by atoms with Gasteiger partial charge in [0, 0.05) is 5.56 Å². The van der Waals surface area contributed by atoms with Crippen molar-refractivity contribution in [2.75, 3.05) is 6.61 Å². The first-order chi connectivity index (χ1) is 17.3. The molecule has 0 aliphatic carbocycles. The highest BCUT2D eigenvalue weighted by Crippen LogP contribution is 2.39. The number of halogens is 3. The van der Waals surface area contributed by atoms with Gasteiger partial charge in [0.05, 0.1) is 12.8 Å². The Morgan fingerprint density at radius 2 is 1.75 bits per heavy atom. The van der Waals surface area contributed by atoms with Crippen LogP contribution in [0.4, 0.5) is 13.2 Å². The van der Waals surface area contributed by atoms with Gasteiger partial charge in [-0.25, -0.2) is 27.5 Å². The number of hydrogen-bond acceptors (Lipinski definition) is 9. The topological polar surface area (TPSA) is 152 Å². The zero-order valence-corrected chi connectivity index (χ0v) is 18.2. The molecule has 0 radical (unpaired) electrons. The van der Waals surface area contributed by atoms with Crippen LogP contribution in [0.15, 0.2) is 48.9 Å². The van der Waals surface area contributed by atoms with Gasteiger partial charge in [-0.15, -0.1) is 5.10 Å². The summed E-state index contributed by atoms with van der Waals surface area (Å²) in [5.74, 6) is -4.54. The van der Waals surface area contributed by atoms with E-state index in [4.69, 9.17) is 4.74 Å². The average molecular weight is 504 g/mol. The summed E-state index contributed by atoms with van der Waals surface area (Å²) < 4.78 is 48.8. The summed E-state index contributed by atoms with van der Waals surface area (Å²) in [5, 5.41) is 53.9. The van der Waals surface area contributed by atoms with Crippen LogP contribution in [-0.4, -0.2) is 75.1 Å². The van der Waals surface area contributed by atoms with Crippen molar-refractivity contribution >= 4 is 0 Å². The second kappa shape index (κ2) is 9.31. The third-order valence-corrected chi connectivity index (χ3v) is 5.93. The number of rotatable bonds is 5. The van der Waals surface area contributed by atoms with E-state index in [1.165, 1.54) is 23.3 Å². The van der Waals surface area contributed by atoms with Crippen LogP contribution >= 0.6 is 0 Å². The molecule has 1 aliphatic heterocycles. The molecule has 0 amide bonds. The van der Waals surface area contributed by atoms with Gasteiger partial charge in [0.15, 0.2) is 23.3 Å². The predicted octanol–water partition coefficient (Wildman–Crippen LogP) is 1.04. The molecule has 1 saturated heterocycles. The molecule has 0 unspecified atom stereocenters. The molecule has 188 valence electrons. The van der Waals surface area contributed by atoms with Crippen LogP contribution in [0.3, 0.4) is 0 Å². The van der Waals surface area contributed by atoms with Gasteiger partial charge in [-0.2, -0.15) is 5.10 Å². The maximum atomic E-state index is 13.7. The number of aliphatic hydroxyl groups is 3. The second-order valence-corrected chi connectivity index (χ2v) is 8.11. The summed E-state index contributed by atoms with van der Waals surface area (Å²) >= 11 is 0. The lowest BCUT2D eigenvalue weighted by Crippen LogP contribution is -2.53. The first kappa shape index (κ1) is 23.9. The number of aromatic nitrogens is 6. The van der Waals surface area contributed by atoms with Crippen molar-refractivity contribution in [2.45, 2.75) is 30.5 Å². The first-order valence-electron chi connectivity index (χ1n) is 10.7. The molecule has 4 aromatic rings. The minimum absolute atomic E-state index is 0.0577. The van der Waals surface area contributed by atoms with Gasteiger partial charge in [-0.1, -0.05) is 17.3 Å². The van der Waals surface area contributed by atoms with Crippen LogP contribution in [0.5, 0.6) is 5.75 Å². The molecule has 0 bridgehead atoms. The third kappa shape index (κ3) is 3.99. The molecule has 2 aromatic heterocycles. The van der Waals surface area contributed by atoms with Crippen molar-refractivity contribution in [1.82, 2.24) is 29.8 Å². The standard InChI is InChI=1S/C22H19F3N6O5/c23-11-5-10(6-12(24)17(11)25)13-7-30(29-28-13)18-19(34)16(8-32)36-21(20(18)35)22-26-9-27-31(22)14-3-1-2-4-15(14)33/h1-7,9,16,18-21,32-35H,8H2/t16-,18+,19+,20-,21-/m1/s1. The summed E-state index contributed by atoms with van der Waals surface area (Å²) in [5.41, 5.74) is 0.0591. The maximum Gasteiger partial charge on any atom is 0.194 e. The number of ether oxygens (including phenoxy) is 1. The molecule has 0 saturated carbocycles. The fourth-order valence-electron chi connectivity index (χ4n) is 4.16. The molecular weight excluding hydrogens is 485 g/mol. The molecule has 11 nitrogen and oxygen atoms in total. The van der Waals surface area contributed by atoms with Gasteiger partial charge in [0.25, 0.3) is 0 Å². The van der Waals surface area contributed by atoms with E-state index in [-0.39, 0.29) is 28.5 Å². The van der Waals surface area contributed by atoms with E-state index in [0.29, 0.717) is 0 Å². The van der Waals surface area contributed by atoms with Crippen molar-refractivity contribution < 1.29 is 38.3 Å². The summed E-state index contributed by atoms with van der Waals surface area (Å²) in [6.45, 7) is -0.637. The number of phenols is 1. The number of benzene rings is 2. The largest absolute Gasteiger partial charge is 0.506 e. The van der Waals surface area contributed by atoms with E-state index in [2.05, 4.69) is 20.4 Å². The fourth-order valence-corrected chi connectivity index (χ4v) is 4.16. The highest BCUT2D eigenvalue weighted by molar-refractivity contribution is 5.58. The van der Waals surface area contributed by atoms with Gasteiger partial charge in [-0.05, 0) is 24.3 Å². The number of phenolic OH excluding ortho intramolecular Hbond substituents is 1. The summed E-state index contributed by atoms with van der Waals surface area (Å²) in [7, 11) is 0. The Morgan fingerprint density at radius 1 is 1.03 bits per heavy atom. The smallest absolute Gasteiger partial charge is 0.194 e. The molecule has 3 heterocycles. The Balaban J connectivity index is 1.52. The third-order valence-electron chi connectivity index (χ3n) is 5.93. The zero-order valence-electron chi connectivity index (χ0n) is 18.2. The Hall–Kier alpha value is -3.85. The molecule has 2 aromatic carbocycles. The van der Waals surface area contributed by atoms with E-state index in [9.17, 15) is 33.6 Å². The Morgan fingerprint density at radius 3 is 2.44 bits per heavy atom. The van der Waals surface area contributed by atoms with Crippen LogP contribution in [0.1, 0.15) is 18.0 Å². The van der Waals surface area contributed by atoms with E-state index >= 15 is 0 Å². The van der Waals surface area contributed by atoms with Gasteiger partial charge < -0.3 is 25.2 Å². The lowest BCUT2D eigenvalue weighted by Gasteiger charge is -2.41. The minimum atomic E-state index is -1.64. The quantitative estimate of drug-likeness (QED) is 0.292. The molecule has 5 atom stereocenters. The van der Waals surface area contributed by atoms with E-state index in [1.54, 1.807) is 18.2 Å². The molecule has 1 fully saturated rings. The van der Waals surface area contributed by atoms with Gasteiger partial charge >= 0.3 is 0 Å². The van der Waals surface area contributed by atoms with Crippen molar-refractivity contribution in [3.05, 3.63) is 72.2 Å². The molecule has 1 aliphatic rings. The SMILES string of the molecule is OC[C@H]1O[C@@H](c2ncnn2-c2ccccc2O)[C@H](O)[C@@H](n2cc(-c3cc(F)c(F)c(F)c3)nn2)[C@H]1O. The van der Waals surface area contributed by atoms with Crippen LogP contribution in [-0.2, 0) is 4.74 Å². The summed E-state index contributed by atoms with van der Waals surface area (Å²) in [6.07, 6.45) is -3.10. The monoisotopic (exact) mass is 504 g/mol. The summed E-state index contributed by atoms with van der Waals surface area (Å²) in [6, 6.07) is 6.46. The van der Waals surface area contributed by atoms with Crippen LogP contribution in [0, 0.1) is 17.5 Å². The van der Waals surface area contributed by atoms with Crippen molar-refractivity contribution in [3.8, 4) is 22.7 Å². The highest BCUT2D eigenvalue weighted by atomic mass is 19.2. The van der Waals surface area contributed by atoms with E-state index < -0.39 is 54.5 Å². The normalized spacial score (nSPS) is 24.2. The van der Waals surface area contributed by atoms with E-state index in [0.717, 1.165) is 16.8 Å². The Kier molecular flexibility index (Phi) is 6.17. The number of aliphatic hydroxyl groups excluding tert-OH is 3. The number of hydrogen-bond donors (Lipinski definition) is 4. The maximum absolute atomic E-state index is 13.7. The van der Waals surface area contributed by atoms with Crippen molar-refractivity contribution in [2.24, 2.45) is 0 Å². The fraction of sp³-hybridized carbons (Fsp3) is 0.273. The highest BCUT2D eigenvalue weighted by Gasteiger charge is 2.48. The van der Waals surface area contributed by atoms with Crippen molar-refractivity contribution in [1.29, 1.82) is 0 Å². The van der Waals surface area contributed by atoms with E-state index in [1.807, 2.05) is 0 Å². The number of para-hydroxylation sites is 2. The summed E-state index contributed by atoms with van der Waals surface area (Å²) in [4.78, 5) is 4.14. The molecule has 14 heteroatoms. The van der Waals surface area contributed by atoms with Gasteiger partial charge in [-0.3, -0.25) is 0 Å².